The SMILES string of the molecule is ClC#CCl. The standard InChI is InChI=1S/C2Cl2/c3-1-2-4. The van der Waals surface area contributed by atoms with Gasteiger partial charge in [-0.3, -0.25) is 0 Å². The van der Waals surface area contributed by atoms with Crippen LogP contribution in [-0.2, 0) is 0 Å². The predicted octanol–water partition coefficient (Wildman–Crippen LogP) is 1.38. The van der Waals surface area contributed by atoms with Gasteiger partial charge in [0, 0.05) is 10.8 Å². The maximum absolute atomic E-state index is 4.69. The molecule has 0 aromatic carbocycles. The lowest BCUT2D eigenvalue weighted by Gasteiger charge is -1.32. The summed E-state index contributed by atoms with van der Waals surface area (Å²) in [7, 11) is 0. The topological polar surface area (TPSA) is 0 Å². The smallest absolute Gasteiger partial charge is 0.0216 e. The van der Waals surface area contributed by atoms with Crippen LogP contribution in [0, 0.1) is 10.8 Å². The molecule has 0 atom stereocenters. The first-order valence-corrected chi connectivity index (χ1v) is 1.38. The van der Waals surface area contributed by atoms with Crippen molar-refractivity contribution in [3.63, 3.8) is 0 Å². The van der Waals surface area contributed by atoms with E-state index in [4.69, 9.17) is 23.2 Å². The van der Waals surface area contributed by atoms with Crippen LogP contribution in [0.15, 0.2) is 0 Å². The van der Waals surface area contributed by atoms with Crippen LogP contribution in [0.2, 0.25) is 0 Å². The van der Waals surface area contributed by atoms with E-state index < -0.39 is 0 Å². The number of halogens is 2. The minimum Gasteiger partial charge on any atom is -0.0216 e. The molecule has 0 saturated carbocycles. The van der Waals surface area contributed by atoms with Crippen molar-refractivity contribution in [1.29, 1.82) is 0 Å². The minimum atomic E-state index is 1.92. The molecule has 0 fully saturated rings. The maximum atomic E-state index is 4.69. The Morgan fingerprint density at radius 2 is 1.25 bits per heavy atom. The molecular weight excluding hydrogens is 94.9 g/mol. The molecule has 22 valence electrons. The highest BCUT2D eigenvalue weighted by Crippen LogP contribution is 1.64. The van der Waals surface area contributed by atoms with Crippen molar-refractivity contribution in [2.45, 2.75) is 0 Å². The van der Waals surface area contributed by atoms with Crippen LogP contribution in [0.3, 0.4) is 0 Å². The molecule has 0 N–H and O–H groups in total. The summed E-state index contributed by atoms with van der Waals surface area (Å²) in [6.45, 7) is 0. The zero-order valence-corrected chi connectivity index (χ0v) is 3.27. The fourth-order valence-corrected chi connectivity index (χ4v) is 0. The Bertz CT molecular complexity index is 40.8. The largest absolute Gasteiger partial charge is 0.0216 e. The molecule has 0 saturated heterocycles. The monoisotopic (exact) mass is 93.9 g/mol. The third-order valence-corrected chi connectivity index (χ3v) is 0.321. The van der Waals surface area contributed by atoms with Gasteiger partial charge in [-0.1, -0.05) is 0 Å². The van der Waals surface area contributed by atoms with Crippen LogP contribution < -0.4 is 0 Å². The summed E-state index contributed by atoms with van der Waals surface area (Å²) in [4.78, 5) is 0. The third kappa shape index (κ3) is 2.14. The second-order valence-corrected chi connectivity index (χ2v) is 0.567. The molecule has 0 aromatic rings. The van der Waals surface area contributed by atoms with Gasteiger partial charge in [0.05, 0.1) is 0 Å². The van der Waals surface area contributed by atoms with E-state index >= 15 is 0 Å². The second kappa shape index (κ2) is 3.14. The third-order valence-electron chi connectivity index (χ3n) is 0.0357. The molecule has 2 heteroatoms. The highest BCUT2D eigenvalue weighted by Gasteiger charge is 1.34. The molecule has 0 aliphatic carbocycles. The molecule has 0 spiro atoms. The molecule has 0 aliphatic rings. The summed E-state index contributed by atoms with van der Waals surface area (Å²) in [6.07, 6.45) is 0. The van der Waals surface area contributed by atoms with E-state index in [1.54, 1.807) is 0 Å². The Morgan fingerprint density at radius 3 is 1.25 bits per heavy atom. The highest BCUT2D eigenvalue weighted by molar-refractivity contribution is 6.38. The Hall–Kier alpha value is 0.140. The summed E-state index contributed by atoms with van der Waals surface area (Å²) in [5.41, 5.74) is 0. The second-order valence-electron chi connectivity index (χ2n) is 0.189. The van der Waals surface area contributed by atoms with Gasteiger partial charge in [-0.15, -0.1) is 0 Å². The molecule has 4 heavy (non-hydrogen) atoms. The van der Waals surface area contributed by atoms with Gasteiger partial charge in [0.15, 0.2) is 0 Å². The molecule has 0 unspecified atom stereocenters. The lowest BCUT2D eigenvalue weighted by Crippen LogP contribution is -1.13. The summed E-state index contributed by atoms with van der Waals surface area (Å²) < 4.78 is 0. The number of hydrogen-bond acceptors (Lipinski definition) is 0. The summed E-state index contributed by atoms with van der Waals surface area (Å²) in [5.74, 6) is 0. The van der Waals surface area contributed by atoms with Crippen molar-refractivity contribution in [2.75, 3.05) is 0 Å². The molecule has 0 bridgehead atoms. The summed E-state index contributed by atoms with van der Waals surface area (Å²) >= 11 is 9.39. The van der Waals surface area contributed by atoms with E-state index in [9.17, 15) is 0 Å². The van der Waals surface area contributed by atoms with E-state index in [1.807, 2.05) is 10.8 Å². The van der Waals surface area contributed by atoms with Crippen molar-refractivity contribution >= 4 is 23.2 Å². The Morgan fingerprint density at radius 1 is 1.00 bits per heavy atom. The van der Waals surface area contributed by atoms with Gasteiger partial charge in [-0.05, 0) is 23.2 Å². The van der Waals surface area contributed by atoms with Gasteiger partial charge >= 0.3 is 0 Å². The molecule has 0 heterocycles. The van der Waals surface area contributed by atoms with Crippen LogP contribution in [0.1, 0.15) is 0 Å². The average molecular weight is 94.9 g/mol. The highest BCUT2D eigenvalue weighted by atomic mass is 35.5. The van der Waals surface area contributed by atoms with Crippen LogP contribution >= 0.6 is 23.2 Å². The molecule has 0 nitrogen and oxygen atoms in total. The first-order valence-electron chi connectivity index (χ1n) is 0.628. The number of rotatable bonds is 0. The predicted molar refractivity (Wildman–Crippen MR) is 19.5 cm³/mol. The van der Waals surface area contributed by atoms with E-state index in [0.29, 0.717) is 0 Å². The lowest BCUT2D eigenvalue weighted by molar-refractivity contribution is 2.96. The van der Waals surface area contributed by atoms with E-state index in [0.717, 1.165) is 0 Å². The maximum Gasteiger partial charge on any atom is 0.0216 e. The number of hydrogen-bond donors (Lipinski definition) is 0. The zero-order chi connectivity index (χ0) is 3.41. The Balaban J connectivity index is 2.83. The first-order chi connectivity index (χ1) is 1.91. The van der Waals surface area contributed by atoms with Crippen molar-refractivity contribution in [3.05, 3.63) is 0 Å². The quantitative estimate of drug-likeness (QED) is 0.398. The van der Waals surface area contributed by atoms with Gasteiger partial charge in [0.1, 0.15) is 0 Å². The fraction of sp³-hybridized carbons (Fsp3) is 0. The van der Waals surface area contributed by atoms with Gasteiger partial charge in [-0.2, -0.15) is 0 Å². The van der Waals surface area contributed by atoms with Crippen LogP contribution in [0.5, 0.6) is 0 Å². The van der Waals surface area contributed by atoms with Gasteiger partial charge in [0.25, 0.3) is 0 Å². The molecule has 0 rings (SSSR count). The molecule has 0 amide bonds. The Kier molecular flexibility index (Phi) is 3.25. The normalized spacial score (nSPS) is 3.50. The van der Waals surface area contributed by atoms with E-state index in [-0.39, 0.29) is 0 Å². The average Bonchev–Trinajstić information content (AvgIpc) is 1.37. The van der Waals surface area contributed by atoms with Gasteiger partial charge < -0.3 is 0 Å². The Labute approximate surface area is 34.7 Å². The van der Waals surface area contributed by atoms with Gasteiger partial charge in [-0.25, -0.2) is 0 Å². The van der Waals surface area contributed by atoms with Crippen LogP contribution in [-0.4, -0.2) is 0 Å². The van der Waals surface area contributed by atoms with E-state index in [2.05, 4.69) is 0 Å². The van der Waals surface area contributed by atoms with Gasteiger partial charge in [0.2, 0.25) is 0 Å². The summed E-state index contributed by atoms with van der Waals surface area (Å²) in [5, 5.41) is 3.84. The van der Waals surface area contributed by atoms with Crippen molar-refractivity contribution in [3.8, 4) is 10.8 Å². The van der Waals surface area contributed by atoms with Crippen molar-refractivity contribution < 1.29 is 0 Å². The van der Waals surface area contributed by atoms with Crippen molar-refractivity contribution in [1.82, 2.24) is 0 Å². The van der Waals surface area contributed by atoms with E-state index in [1.165, 1.54) is 0 Å². The van der Waals surface area contributed by atoms with Crippen molar-refractivity contribution in [2.24, 2.45) is 0 Å². The zero-order valence-electron chi connectivity index (χ0n) is 1.76. The lowest BCUT2D eigenvalue weighted by atomic mass is 11.4. The first kappa shape index (κ1) is 4.14. The molecule has 0 radical (unpaired) electrons. The summed E-state index contributed by atoms with van der Waals surface area (Å²) in [6, 6.07) is 0. The van der Waals surface area contributed by atoms with Crippen LogP contribution in [0.25, 0.3) is 0 Å². The molecule has 0 aromatic heterocycles. The molecule has 0 aliphatic heterocycles. The minimum absolute atomic E-state index is 1.92. The van der Waals surface area contributed by atoms with Crippen LogP contribution in [0.4, 0.5) is 0 Å². The fourth-order valence-electron chi connectivity index (χ4n) is 0. The molecular formula is C2Cl2.